The molecule has 0 unspecified atom stereocenters. The molecule has 0 radical (unpaired) electrons. The summed E-state index contributed by atoms with van der Waals surface area (Å²) in [6.45, 7) is 0. The first-order chi connectivity index (χ1) is 11.4. The molecule has 24 heavy (non-hydrogen) atoms. The van der Waals surface area contributed by atoms with E-state index in [9.17, 15) is 19.3 Å². The number of halogens is 2. The molecule has 2 aromatic carbocycles. The average Bonchev–Trinajstić information content (AvgIpc) is 2.88. The van der Waals surface area contributed by atoms with Gasteiger partial charge in [0.1, 0.15) is 10.8 Å². The van der Waals surface area contributed by atoms with Gasteiger partial charge in [-0.3, -0.25) is 10.1 Å². The molecule has 8 heteroatoms. The van der Waals surface area contributed by atoms with Crippen molar-refractivity contribution in [2.24, 2.45) is 4.99 Å². The van der Waals surface area contributed by atoms with Crippen LogP contribution in [0.15, 0.2) is 53.2 Å². The third kappa shape index (κ3) is 3.16. The van der Waals surface area contributed by atoms with Gasteiger partial charge in [-0.25, -0.2) is 14.2 Å². The molecule has 0 saturated carbocycles. The van der Waals surface area contributed by atoms with Crippen molar-refractivity contribution in [1.82, 2.24) is 0 Å². The van der Waals surface area contributed by atoms with Gasteiger partial charge in [-0.2, -0.15) is 0 Å². The van der Waals surface area contributed by atoms with Crippen LogP contribution in [0, 0.1) is 15.9 Å². The minimum absolute atomic E-state index is 0.0132. The van der Waals surface area contributed by atoms with Gasteiger partial charge < -0.3 is 4.74 Å². The Labute approximate surface area is 140 Å². The van der Waals surface area contributed by atoms with Crippen LogP contribution >= 0.6 is 11.6 Å². The molecule has 0 N–H and O–H groups in total. The van der Waals surface area contributed by atoms with E-state index >= 15 is 0 Å². The quantitative estimate of drug-likeness (QED) is 0.367. The van der Waals surface area contributed by atoms with Gasteiger partial charge in [-0.1, -0.05) is 11.6 Å². The summed E-state index contributed by atoms with van der Waals surface area (Å²) in [7, 11) is 0. The predicted molar refractivity (Wildman–Crippen MR) is 85.1 cm³/mol. The summed E-state index contributed by atoms with van der Waals surface area (Å²) in [4.78, 5) is 26.1. The van der Waals surface area contributed by atoms with Crippen molar-refractivity contribution in [2.75, 3.05) is 0 Å². The minimum Gasteiger partial charge on any atom is -0.402 e. The van der Waals surface area contributed by atoms with Crippen molar-refractivity contribution in [2.45, 2.75) is 0 Å². The molecule has 1 heterocycles. The lowest BCUT2D eigenvalue weighted by Gasteiger charge is -1.98. The number of cyclic esters (lactones) is 1. The van der Waals surface area contributed by atoms with E-state index in [4.69, 9.17) is 16.3 Å². The number of carbonyl (C=O) groups is 1. The van der Waals surface area contributed by atoms with Gasteiger partial charge in [0.05, 0.1) is 4.92 Å². The van der Waals surface area contributed by atoms with Crippen LogP contribution in [0.3, 0.4) is 0 Å². The molecular formula is C16H8ClFN2O4. The highest BCUT2D eigenvalue weighted by Gasteiger charge is 2.24. The van der Waals surface area contributed by atoms with Crippen molar-refractivity contribution in [1.29, 1.82) is 0 Å². The van der Waals surface area contributed by atoms with Gasteiger partial charge in [0.15, 0.2) is 5.70 Å². The fourth-order valence-corrected chi connectivity index (χ4v) is 2.30. The van der Waals surface area contributed by atoms with Gasteiger partial charge in [0.2, 0.25) is 5.90 Å². The van der Waals surface area contributed by atoms with E-state index in [0.29, 0.717) is 11.1 Å². The van der Waals surface area contributed by atoms with Crippen molar-refractivity contribution in [3.63, 3.8) is 0 Å². The van der Waals surface area contributed by atoms with Crippen molar-refractivity contribution < 1.29 is 18.8 Å². The number of ether oxygens (including phenoxy) is 1. The molecule has 120 valence electrons. The van der Waals surface area contributed by atoms with E-state index in [-0.39, 0.29) is 22.3 Å². The van der Waals surface area contributed by atoms with Crippen LogP contribution in [0.25, 0.3) is 6.08 Å². The maximum Gasteiger partial charge on any atom is 0.363 e. The van der Waals surface area contributed by atoms with Crippen LogP contribution in [0.4, 0.5) is 10.1 Å². The number of hydrogen-bond donors (Lipinski definition) is 0. The van der Waals surface area contributed by atoms with Gasteiger partial charge in [0, 0.05) is 11.6 Å². The topological polar surface area (TPSA) is 81.8 Å². The van der Waals surface area contributed by atoms with Gasteiger partial charge >= 0.3 is 5.97 Å². The molecule has 1 aliphatic heterocycles. The zero-order valence-corrected chi connectivity index (χ0v) is 12.7. The number of nitrogens with zero attached hydrogens (tertiary/aromatic N) is 2. The third-order valence-electron chi connectivity index (χ3n) is 3.18. The van der Waals surface area contributed by atoms with E-state index in [1.807, 2.05) is 0 Å². The highest BCUT2D eigenvalue weighted by molar-refractivity contribution is 6.32. The molecule has 0 bridgehead atoms. The first kappa shape index (κ1) is 15.8. The number of aliphatic imine (C=N–C) groups is 1. The molecule has 6 nitrogen and oxygen atoms in total. The summed E-state index contributed by atoms with van der Waals surface area (Å²) in [6.07, 6.45) is 1.40. The molecule has 0 spiro atoms. The Morgan fingerprint density at radius 2 is 1.92 bits per heavy atom. The summed E-state index contributed by atoms with van der Waals surface area (Å²) in [5, 5.41) is 10.7. The monoisotopic (exact) mass is 346 g/mol. The van der Waals surface area contributed by atoms with Crippen molar-refractivity contribution in [3.05, 3.63) is 80.2 Å². The maximum atomic E-state index is 12.9. The molecule has 0 aromatic heterocycles. The molecule has 0 amide bonds. The number of nitro groups is 1. The second kappa shape index (κ2) is 6.21. The second-order valence-electron chi connectivity index (χ2n) is 4.81. The Balaban J connectivity index is 1.92. The highest BCUT2D eigenvalue weighted by Crippen LogP contribution is 2.27. The SMILES string of the molecule is O=C1OC(c2ccc(F)cc2)=N/C1=C\c1ccc([N+](=O)[O-])c(Cl)c1. The van der Waals surface area contributed by atoms with Crippen LogP contribution < -0.4 is 0 Å². The fraction of sp³-hybridized carbons (Fsp3) is 0. The zero-order chi connectivity index (χ0) is 17.3. The molecule has 3 rings (SSSR count). The highest BCUT2D eigenvalue weighted by atomic mass is 35.5. The number of rotatable bonds is 3. The lowest BCUT2D eigenvalue weighted by molar-refractivity contribution is -0.384. The molecule has 0 aliphatic carbocycles. The molecule has 2 aromatic rings. The zero-order valence-electron chi connectivity index (χ0n) is 11.9. The average molecular weight is 347 g/mol. The smallest absolute Gasteiger partial charge is 0.363 e. The largest absolute Gasteiger partial charge is 0.402 e. The van der Waals surface area contributed by atoms with Crippen LogP contribution in [0.1, 0.15) is 11.1 Å². The maximum absolute atomic E-state index is 12.9. The number of carbonyl (C=O) groups excluding carboxylic acids is 1. The van der Waals surface area contributed by atoms with Crippen LogP contribution in [-0.2, 0) is 9.53 Å². The Hall–Kier alpha value is -3.06. The molecule has 0 fully saturated rings. The summed E-state index contributed by atoms with van der Waals surface area (Å²) in [5.74, 6) is -1.04. The minimum atomic E-state index is -0.677. The Morgan fingerprint density at radius 3 is 2.54 bits per heavy atom. The normalized spacial score (nSPS) is 15.3. The molecule has 0 saturated heterocycles. The number of benzene rings is 2. The first-order valence-electron chi connectivity index (χ1n) is 6.66. The Morgan fingerprint density at radius 1 is 1.21 bits per heavy atom. The number of nitro benzene ring substituents is 1. The van der Waals surface area contributed by atoms with Crippen LogP contribution in [-0.4, -0.2) is 16.8 Å². The van der Waals surface area contributed by atoms with Gasteiger partial charge in [0.25, 0.3) is 5.69 Å². The summed E-state index contributed by atoms with van der Waals surface area (Å²) in [6, 6.07) is 9.36. The van der Waals surface area contributed by atoms with E-state index in [1.165, 1.54) is 48.5 Å². The first-order valence-corrected chi connectivity index (χ1v) is 7.04. The van der Waals surface area contributed by atoms with E-state index in [2.05, 4.69) is 4.99 Å². The third-order valence-corrected chi connectivity index (χ3v) is 3.49. The standard InChI is InChI=1S/C16H8ClFN2O4/c17-12-7-9(1-6-14(12)20(22)23)8-13-16(21)24-15(19-13)10-2-4-11(18)5-3-10/h1-8H/b13-8-. The molecule has 1 aliphatic rings. The number of esters is 1. The molecular weight excluding hydrogens is 339 g/mol. The summed E-state index contributed by atoms with van der Waals surface area (Å²) in [5.41, 5.74) is 0.694. The molecule has 0 atom stereocenters. The Bertz CT molecular complexity index is 907. The fourth-order valence-electron chi connectivity index (χ4n) is 2.04. The van der Waals surface area contributed by atoms with Gasteiger partial charge in [-0.15, -0.1) is 0 Å². The van der Waals surface area contributed by atoms with Crippen molar-refractivity contribution in [3.8, 4) is 0 Å². The van der Waals surface area contributed by atoms with Gasteiger partial charge in [-0.05, 0) is 48.0 Å². The van der Waals surface area contributed by atoms with Crippen molar-refractivity contribution >= 4 is 35.2 Å². The van der Waals surface area contributed by atoms with Crippen LogP contribution in [0.5, 0.6) is 0 Å². The lowest BCUT2D eigenvalue weighted by Crippen LogP contribution is -2.05. The van der Waals surface area contributed by atoms with E-state index < -0.39 is 16.7 Å². The summed E-state index contributed by atoms with van der Waals surface area (Å²) < 4.78 is 18.0. The summed E-state index contributed by atoms with van der Waals surface area (Å²) >= 11 is 5.83. The van der Waals surface area contributed by atoms with E-state index in [1.54, 1.807) is 0 Å². The van der Waals surface area contributed by atoms with E-state index in [0.717, 1.165) is 0 Å². The van der Waals surface area contributed by atoms with Crippen LogP contribution in [0.2, 0.25) is 5.02 Å². The Kier molecular flexibility index (Phi) is 4.09. The second-order valence-corrected chi connectivity index (χ2v) is 5.22. The lowest BCUT2D eigenvalue weighted by atomic mass is 10.2. The predicted octanol–water partition coefficient (Wildman–Crippen LogP) is 3.73. The number of hydrogen-bond acceptors (Lipinski definition) is 5.